The number of hydrogen-bond donors (Lipinski definition) is 0. The van der Waals surface area contributed by atoms with E-state index in [0.717, 1.165) is 44.3 Å². The lowest BCUT2D eigenvalue weighted by Gasteiger charge is -2.29. The SMILES string of the molecule is CCOC(=O)[C@@H](OC(C)(C)C)c1c(C)cc2cc(-c3ccccn3)ccc2c1-c1ccc(Cl)cc1. The van der Waals surface area contributed by atoms with E-state index >= 15 is 0 Å². The van der Waals surface area contributed by atoms with Crippen LogP contribution in [0.5, 0.6) is 0 Å². The van der Waals surface area contributed by atoms with Crippen molar-refractivity contribution in [3.05, 3.63) is 89.1 Å². The fourth-order valence-electron chi connectivity index (χ4n) is 4.32. The van der Waals surface area contributed by atoms with Crippen molar-refractivity contribution in [2.75, 3.05) is 6.61 Å². The average Bonchev–Trinajstić information content (AvgIpc) is 2.82. The summed E-state index contributed by atoms with van der Waals surface area (Å²) < 4.78 is 11.8. The van der Waals surface area contributed by atoms with Gasteiger partial charge >= 0.3 is 5.97 Å². The first-order valence-corrected chi connectivity index (χ1v) is 12.1. The standard InChI is InChI=1S/C30H30ClNO3/c1-6-34-29(33)28(35-30(3,4)5)26-19(2)17-22-18-21(25-9-7-8-16-32-25)12-15-24(22)27(26)20-10-13-23(31)14-11-20/h7-18,28H,6H2,1-5H3/t28-/m0/s1. The van der Waals surface area contributed by atoms with E-state index in [-0.39, 0.29) is 6.61 Å². The summed E-state index contributed by atoms with van der Waals surface area (Å²) in [5, 5.41) is 2.72. The second kappa shape index (κ2) is 10.2. The van der Waals surface area contributed by atoms with Crippen molar-refractivity contribution in [2.45, 2.75) is 46.3 Å². The van der Waals surface area contributed by atoms with Crippen molar-refractivity contribution >= 4 is 28.3 Å². The van der Waals surface area contributed by atoms with Gasteiger partial charge in [-0.2, -0.15) is 0 Å². The van der Waals surface area contributed by atoms with Crippen LogP contribution in [0.4, 0.5) is 0 Å². The summed E-state index contributed by atoms with van der Waals surface area (Å²) in [5.41, 5.74) is 5.02. The largest absolute Gasteiger partial charge is 0.464 e. The molecule has 4 aromatic rings. The van der Waals surface area contributed by atoms with Crippen molar-refractivity contribution < 1.29 is 14.3 Å². The first-order chi connectivity index (χ1) is 16.7. The van der Waals surface area contributed by atoms with Crippen molar-refractivity contribution in [1.29, 1.82) is 0 Å². The van der Waals surface area contributed by atoms with E-state index in [9.17, 15) is 4.79 Å². The van der Waals surface area contributed by atoms with Crippen molar-refractivity contribution in [1.82, 2.24) is 4.98 Å². The molecule has 0 saturated carbocycles. The molecule has 1 aromatic heterocycles. The molecule has 0 saturated heterocycles. The molecule has 0 radical (unpaired) electrons. The third-order valence-electron chi connectivity index (χ3n) is 5.71. The topological polar surface area (TPSA) is 48.4 Å². The highest BCUT2D eigenvalue weighted by Crippen LogP contribution is 2.42. The van der Waals surface area contributed by atoms with Gasteiger partial charge in [0.2, 0.25) is 0 Å². The smallest absolute Gasteiger partial charge is 0.339 e. The molecule has 0 spiro atoms. The van der Waals surface area contributed by atoms with Gasteiger partial charge < -0.3 is 9.47 Å². The van der Waals surface area contributed by atoms with Crippen LogP contribution in [-0.2, 0) is 14.3 Å². The summed E-state index contributed by atoms with van der Waals surface area (Å²) in [5.74, 6) is -0.398. The number of halogens is 1. The van der Waals surface area contributed by atoms with E-state index < -0.39 is 17.7 Å². The monoisotopic (exact) mass is 487 g/mol. The molecule has 1 heterocycles. The average molecular weight is 488 g/mol. The van der Waals surface area contributed by atoms with Crippen LogP contribution in [0.1, 0.15) is 44.9 Å². The van der Waals surface area contributed by atoms with Gasteiger partial charge in [-0.25, -0.2) is 4.79 Å². The quantitative estimate of drug-likeness (QED) is 0.259. The van der Waals surface area contributed by atoms with Crippen LogP contribution in [-0.4, -0.2) is 23.2 Å². The zero-order chi connectivity index (χ0) is 25.2. The predicted molar refractivity (Wildman–Crippen MR) is 143 cm³/mol. The lowest BCUT2D eigenvalue weighted by molar-refractivity contribution is -0.166. The van der Waals surface area contributed by atoms with E-state index in [4.69, 9.17) is 21.1 Å². The van der Waals surface area contributed by atoms with Crippen molar-refractivity contribution in [3.8, 4) is 22.4 Å². The van der Waals surface area contributed by atoms with Crippen molar-refractivity contribution in [2.24, 2.45) is 0 Å². The van der Waals surface area contributed by atoms with Crippen LogP contribution in [0, 0.1) is 6.92 Å². The number of aryl methyl sites for hydroxylation is 1. The van der Waals surface area contributed by atoms with Gasteiger partial charge in [0.15, 0.2) is 6.10 Å². The number of aromatic nitrogens is 1. The number of fused-ring (bicyclic) bond motifs is 1. The molecule has 1 atom stereocenters. The number of rotatable bonds is 6. The van der Waals surface area contributed by atoms with Gasteiger partial charge in [0.05, 0.1) is 17.9 Å². The highest BCUT2D eigenvalue weighted by atomic mass is 35.5. The first kappa shape index (κ1) is 24.9. The van der Waals surface area contributed by atoms with Gasteiger partial charge in [0.25, 0.3) is 0 Å². The Bertz CT molecular complexity index is 1340. The van der Waals surface area contributed by atoms with Gasteiger partial charge in [-0.05, 0) is 92.4 Å². The molecular weight excluding hydrogens is 458 g/mol. The van der Waals surface area contributed by atoms with Crippen LogP contribution in [0.15, 0.2) is 72.9 Å². The van der Waals surface area contributed by atoms with Crippen LogP contribution >= 0.6 is 11.6 Å². The molecule has 180 valence electrons. The molecule has 0 aliphatic carbocycles. The fraction of sp³-hybridized carbons (Fsp3) is 0.267. The lowest BCUT2D eigenvalue weighted by Crippen LogP contribution is -2.29. The van der Waals surface area contributed by atoms with Crippen molar-refractivity contribution in [3.63, 3.8) is 0 Å². The minimum atomic E-state index is -0.875. The summed E-state index contributed by atoms with van der Waals surface area (Å²) in [6.07, 6.45) is 0.918. The maximum absolute atomic E-state index is 13.2. The Labute approximate surface area is 211 Å². The van der Waals surface area contributed by atoms with Crippen LogP contribution < -0.4 is 0 Å². The highest BCUT2D eigenvalue weighted by Gasteiger charge is 2.32. The van der Waals surface area contributed by atoms with E-state index in [0.29, 0.717) is 5.02 Å². The fourth-order valence-corrected chi connectivity index (χ4v) is 4.44. The van der Waals surface area contributed by atoms with Crippen LogP contribution in [0.3, 0.4) is 0 Å². The second-order valence-electron chi connectivity index (χ2n) is 9.50. The molecule has 5 heteroatoms. The Morgan fingerprint density at radius 2 is 1.71 bits per heavy atom. The van der Waals surface area contributed by atoms with Crippen LogP contribution in [0.25, 0.3) is 33.2 Å². The maximum atomic E-state index is 13.2. The molecule has 0 fully saturated rings. The Kier molecular flexibility index (Phi) is 7.25. The third kappa shape index (κ3) is 5.55. The summed E-state index contributed by atoms with van der Waals surface area (Å²) in [7, 11) is 0. The zero-order valence-corrected chi connectivity index (χ0v) is 21.5. The van der Waals surface area contributed by atoms with Gasteiger partial charge in [-0.1, -0.05) is 48.0 Å². The molecule has 4 rings (SSSR count). The summed E-state index contributed by atoms with van der Waals surface area (Å²) >= 11 is 6.21. The number of pyridine rings is 1. The van der Waals surface area contributed by atoms with E-state index in [1.165, 1.54) is 0 Å². The Morgan fingerprint density at radius 3 is 2.34 bits per heavy atom. The highest BCUT2D eigenvalue weighted by molar-refractivity contribution is 6.30. The molecule has 4 nitrogen and oxygen atoms in total. The Balaban J connectivity index is 2.01. The molecule has 0 aliphatic rings. The molecular formula is C30H30ClNO3. The van der Waals surface area contributed by atoms with Gasteiger partial charge in [0.1, 0.15) is 0 Å². The summed E-state index contributed by atoms with van der Waals surface area (Å²) in [4.78, 5) is 17.7. The maximum Gasteiger partial charge on any atom is 0.339 e. The molecule has 3 aromatic carbocycles. The number of nitrogens with zero attached hydrogens (tertiary/aromatic N) is 1. The minimum absolute atomic E-state index is 0.277. The van der Waals surface area contributed by atoms with E-state index in [1.54, 1.807) is 13.1 Å². The number of carbonyl (C=O) groups is 1. The van der Waals surface area contributed by atoms with Gasteiger partial charge in [-0.3, -0.25) is 4.98 Å². The second-order valence-corrected chi connectivity index (χ2v) is 9.94. The normalized spacial score (nSPS) is 12.5. The molecule has 0 unspecified atom stereocenters. The zero-order valence-electron chi connectivity index (χ0n) is 20.8. The number of hydrogen-bond acceptors (Lipinski definition) is 4. The molecule has 35 heavy (non-hydrogen) atoms. The van der Waals surface area contributed by atoms with E-state index in [2.05, 4.69) is 29.2 Å². The third-order valence-corrected chi connectivity index (χ3v) is 5.97. The van der Waals surface area contributed by atoms with Gasteiger partial charge in [0, 0.05) is 22.3 Å². The molecule has 0 bridgehead atoms. The predicted octanol–water partition coefficient (Wildman–Crippen LogP) is 7.95. The lowest BCUT2D eigenvalue weighted by atomic mass is 9.86. The minimum Gasteiger partial charge on any atom is -0.464 e. The number of esters is 1. The Hall–Kier alpha value is -3.21. The van der Waals surface area contributed by atoms with E-state index in [1.807, 2.05) is 70.2 Å². The van der Waals surface area contributed by atoms with Gasteiger partial charge in [-0.15, -0.1) is 0 Å². The molecule has 0 aliphatic heterocycles. The molecule has 0 amide bonds. The Morgan fingerprint density at radius 1 is 1.00 bits per heavy atom. The number of benzene rings is 3. The summed E-state index contributed by atoms with van der Waals surface area (Å²) in [6, 6.07) is 22.0. The first-order valence-electron chi connectivity index (χ1n) is 11.8. The van der Waals surface area contributed by atoms with Crippen LogP contribution in [0.2, 0.25) is 5.02 Å². The number of ether oxygens (including phenoxy) is 2. The molecule has 0 N–H and O–H groups in total. The number of carbonyl (C=O) groups excluding carboxylic acids is 1. The summed E-state index contributed by atoms with van der Waals surface area (Å²) in [6.45, 7) is 9.92.